The van der Waals surface area contributed by atoms with Crippen LogP contribution in [-0.4, -0.2) is 69.8 Å². The molecule has 100 valence electrons. The Hall–Kier alpha value is -0.690. The predicted octanol–water partition coefficient (Wildman–Crippen LogP) is -1.63. The Morgan fingerprint density at radius 1 is 1.65 bits per heavy atom. The number of nitrogens with one attached hydrogen (secondary N) is 2. The lowest BCUT2D eigenvalue weighted by Crippen LogP contribution is -2.56. The third-order valence-corrected chi connectivity index (χ3v) is 2.94. The van der Waals surface area contributed by atoms with Crippen molar-refractivity contribution in [1.82, 2.24) is 15.5 Å². The summed E-state index contributed by atoms with van der Waals surface area (Å²) in [5.41, 5.74) is 5.68. The second kappa shape index (κ2) is 8.41. The van der Waals surface area contributed by atoms with Gasteiger partial charge < -0.3 is 21.1 Å². The lowest BCUT2D eigenvalue weighted by atomic mass is 10.2. The summed E-state index contributed by atoms with van der Waals surface area (Å²) >= 11 is 0. The quantitative estimate of drug-likeness (QED) is 0.469. The highest BCUT2D eigenvalue weighted by Crippen LogP contribution is 2.00. The van der Waals surface area contributed by atoms with E-state index in [1.165, 1.54) is 0 Å². The van der Waals surface area contributed by atoms with Crippen molar-refractivity contribution < 1.29 is 9.53 Å². The van der Waals surface area contributed by atoms with Crippen LogP contribution in [0.3, 0.4) is 0 Å². The van der Waals surface area contributed by atoms with E-state index in [0.717, 1.165) is 26.1 Å². The summed E-state index contributed by atoms with van der Waals surface area (Å²) in [6.45, 7) is 5.06. The van der Waals surface area contributed by atoms with E-state index < -0.39 is 0 Å². The van der Waals surface area contributed by atoms with Gasteiger partial charge >= 0.3 is 0 Å². The fourth-order valence-electron chi connectivity index (χ4n) is 1.93. The molecular formula is C11H24N4O2. The van der Waals surface area contributed by atoms with Crippen LogP contribution in [0.4, 0.5) is 0 Å². The Balaban J connectivity index is 2.19. The number of carbonyl (C=O) groups is 1. The van der Waals surface area contributed by atoms with E-state index in [1.807, 2.05) is 0 Å². The standard InChI is InChI=1S/C11H24N4O2/c1-17-6-2-3-14-11(16)9-15-5-4-13-8-10(15)7-12/h10,13H,2-9,12H2,1H3,(H,14,16). The third kappa shape index (κ3) is 5.45. The summed E-state index contributed by atoms with van der Waals surface area (Å²) in [6.07, 6.45) is 0.851. The molecule has 0 bridgehead atoms. The van der Waals surface area contributed by atoms with E-state index in [9.17, 15) is 4.79 Å². The van der Waals surface area contributed by atoms with E-state index in [-0.39, 0.29) is 11.9 Å². The highest BCUT2D eigenvalue weighted by Gasteiger charge is 2.22. The first-order valence-corrected chi connectivity index (χ1v) is 6.18. The Labute approximate surface area is 103 Å². The minimum atomic E-state index is 0.0708. The first-order chi connectivity index (χ1) is 8.27. The zero-order valence-corrected chi connectivity index (χ0v) is 10.6. The van der Waals surface area contributed by atoms with Gasteiger partial charge in [-0.15, -0.1) is 0 Å². The lowest BCUT2D eigenvalue weighted by Gasteiger charge is -2.34. The van der Waals surface area contributed by atoms with E-state index in [1.54, 1.807) is 7.11 Å². The highest BCUT2D eigenvalue weighted by molar-refractivity contribution is 5.78. The Morgan fingerprint density at radius 2 is 2.47 bits per heavy atom. The molecule has 6 heteroatoms. The molecule has 1 rings (SSSR count). The van der Waals surface area contributed by atoms with Crippen molar-refractivity contribution in [3.63, 3.8) is 0 Å². The fraction of sp³-hybridized carbons (Fsp3) is 0.909. The average Bonchev–Trinajstić information content (AvgIpc) is 2.35. The van der Waals surface area contributed by atoms with Crippen LogP contribution in [0.2, 0.25) is 0 Å². The molecule has 1 aliphatic heterocycles. The first kappa shape index (κ1) is 14.4. The minimum Gasteiger partial charge on any atom is -0.385 e. The normalized spacial score (nSPS) is 21.4. The number of hydrogen-bond acceptors (Lipinski definition) is 5. The van der Waals surface area contributed by atoms with Gasteiger partial charge in [0.25, 0.3) is 0 Å². The Morgan fingerprint density at radius 3 is 3.18 bits per heavy atom. The summed E-state index contributed by atoms with van der Waals surface area (Å²) in [7, 11) is 1.66. The molecule has 1 fully saturated rings. The van der Waals surface area contributed by atoms with Crippen molar-refractivity contribution in [1.29, 1.82) is 0 Å². The number of methoxy groups -OCH3 is 1. The molecule has 0 aromatic heterocycles. The van der Waals surface area contributed by atoms with E-state index in [2.05, 4.69) is 15.5 Å². The maximum atomic E-state index is 11.7. The highest BCUT2D eigenvalue weighted by atomic mass is 16.5. The van der Waals surface area contributed by atoms with Gasteiger partial charge in [-0.3, -0.25) is 9.69 Å². The van der Waals surface area contributed by atoms with Crippen LogP contribution in [0.15, 0.2) is 0 Å². The largest absolute Gasteiger partial charge is 0.385 e. The average molecular weight is 244 g/mol. The van der Waals surface area contributed by atoms with Crippen molar-refractivity contribution >= 4 is 5.91 Å². The molecule has 1 heterocycles. The molecule has 1 atom stereocenters. The molecule has 0 aromatic carbocycles. The van der Waals surface area contributed by atoms with E-state index in [4.69, 9.17) is 10.5 Å². The summed E-state index contributed by atoms with van der Waals surface area (Å²) in [4.78, 5) is 13.8. The van der Waals surface area contributed by atoms with E-state index in [0.29, 0.717) is 26.2 Å². The Bertz CT molecular complexity index is 226. The molecule has 0 spiro atoms. The number of piperazine rings is 1. The molecule has 0 aliphatic carbocycles. The minimum absolute atomic E-state index is 0.0708. The smallest absolute Gasteiger partial charge is 0.234 e. The van der Waals surface area contributed by atoms with Gasteiger partial charge in [0.2, 0.25) is 5.91 Å². The second-order valence-electron chi connectivity index (χ2n) is 4.26. The van der Waals surface area contributed by atoms with Crippen LogP contribution in [0.1, 0.15) is 6.42 Å². The molecule has 0 radical (unpaired) electrons. The van der Waals surface area contributed by atoms with E-state index >= 15 is 0 Å². The molecule has 0 saturated carbocycles. The SMILES string of the molecule is COCCCNC(=O)CN1CCNCC1CN. The summed E-state index contributed by atoms with van der Waals surface area (Å²) in [5.74, 6) is 0.0708. The molecular weight excluding hydrogens is 220 g/mol. The van der Waals surface area contributed by atoms with Crippen LogP contribution in [0.5, 0.6) is 0 Å². The number of hydrogen-bond donors (Lipinski definition) is 3. The molecule has 6 nitrogen and oxygen atoms in total. The fourth-order valence-corrected chi connectivity index (χ4v) is 1.93. The number of nitrogens with zero attached hydrogens (tertiary/aromatic N) is 1. The van der Waals surface area contributed by atoms with Crippen LogP contribution < -0.4 is 16.4 Å². The molecule has 4 N–H and O–H groups in total. The first-order valence-electron chi connectivity index (χ1n) is 6.18. The topological polar surface area (TPSA) is 79.6 Å². The van der Waals surface area contributed by atoms with Gasteiger partial charge in [-0.05, 0) is 6.42 Å². The van der Waals surface area contributed by atoms with Crippen LogP contribution in [0.25, 0.3) is 0 Å². The van der Waals surface area contributed by atoms with Crippen molar-refractivity contribution in [3.05, 3.63) is 0 Å². The van der Waals surface area contributed by atoms with Gasteiger partial charge in [-0.2, -0.15) is 0 Å². The van der Waals surface area contributed by atoms with Gasteiger partial charge in [-0.25, -0.2) is 0 Å². The van der Waals surface area contributed by atoms with Crippen LogP contribution in [-0.2, 0) is 9.53 Å². The predicted molar refractivity (Wildman–Crippen MR) is 66.8 cm³/mol. The van der Waals surface area contributed by atoms with Crippen LogP contribution >= 0.6 is 0 Å². The zero-order valence-electron chi connectivity index (χ0n) is 10.6. The zero-order chi connectivity index (χ0) is 12.5. The number of nitrogens with two attached hydrogens (primary N) is 1. The molecule has 1 saturated heterocycles. The number of carbonyl (C=O) groups excluding carboxylic acids is 1. The summed E-state index contributed by atoms with van der Waals surface area (Å²) < 4.78 is 4.92. The molecule has 1 amide bonds. The van der Waals surface area contributed by atoms with Gasteiger partial charge in [0.1, 0.15) is 0 Å². The number of amides is 1. The number of ether oxygens (including phenoxy) is 1. The monoisotopic (exact) mass is 244 g/mol. The molecule has 0 aromatic rings. The maximum absolute atomic E-state index is 11.7. The van der Waals surface area contributed by atoms with Crippen molar-refractivity contribution in [3.8, 4) is 0 Å². The maximum Gasteiger partial charge on any atom is 0.234 e. The lowest BCUT2D eigenvalue weighted by molar-refractivity contribution is -0.123. The van der Waals surface area contributed by atoms with Crippen molar-refractivity contribution in [2.45, 2.75) is 12.5 Å². The third-order valence-electron chi connectivity index (χ3n) is 2.94. The molecule has 1 aliphatic rings. The Kier molecular flexibility index (Phi) is 7.11. The van der Waals surface area contributed by atoms with Gasteiger partial charge in [0.15, 0.2) is 0 Å². The number of rotatable bonds is 7. The van der Waals surface area contributed by atoms with Gasteiger partial charge in [0, 0.05) is 52.5 Å². The second-order valence-corrected chi connectivity index (χ2v) is 4.26. The molecule has 1 unspecified atom stereocenters. The molecule has 17 heavy (non-hydrogen) atoms. The van der Waals surface area contributed by atoms with Crippen molar-refractivity contribution in [2.24, 2.45) is 5.73 Å². The van der Waals surface area contributed by atoms with Gasteiger partial charge in [-0.1, -0.05) is 0 Å². The van der Waals surface area contributed by atoms with Gasteiger partial charge in [0.05, 0.1) is 6.54 Å². The van der Waals surface area contributed by atoms with Crippen LogP contribution in [0, 0.1) is 0 Å². The summed E-state index contributed by atoms with van der Waals surface area (Å²) in [5, 5.41) is 6.17. The van der Waals surface area contributed by atoms with Crippen molar-refractivity contribution in [2.75, 3.05) is 53.0 Å². The summed E-state index contributed by atoms with van der Waals surface area (Å²) in [6, 6.07) is 0.272.